The molecule has 0 unspecified atom stereocenters. The van der Waals surface area contributed by atoms with Gasteiger partial charge in [0.25, 0.3) is 0 Å². The van der Waals surface area contributed by atoms with E-state index in [9.17, 15) is 4.79 Å². The second-order valence-electron chi connectivity index (χ2n) is 5.70. The smallest absolute Gasteiger partial charge is 0.338 e. The molecule has 3 aromatic rings. The van der Waals surface area contributed by atoms with Gasteiger partial charge in [0.05, 0.1) is 16.9 Å². The average Bonchev–Trinajstić information content (AvgIpc) is 2.92. The molecule has 2 N–H and O–H groups in total. The van der Waals surface area contributed by atoms with Crippen LogP contribution in [0.15, 0.2) is 54.6 Å². The summed E-state index contributed by atoms with van der Waals surface area (Å²) in [7, 11) is 0. The molecular weight excluding hydrogens is 302 g/mol. The number of hydrogen-bond acceptors (Lipinski definition) is 4. The van der Waals surface area contributed by atoms with Crippen molar-refractivity contribution in [1.82, 2.24) is 9.78 Å². The first-order valence-corrected chi connectivity index (χ1v) is 7.68. The Balaban J connectivity index is 1.67. The van der Waals surface area contributed by atoms with Gasteiger partial charge < -0.3 is 10.5 Å². The lowest BCUT2D eigenvalue weighted by molar-refractivity contribution is 0.0473. The number of nitrogens with zero attached hydrogens (tertiary/aromatic N) is 2. The second-order valence-corrected chi connectivity index (χ2v) is 5.70. The number of aryl methyl sites for hydroxylation is 2. The lowest BCUT2D eigenvalue weighted by Crippen LogP contribution is -2.06. The van der Waals surface area contributed by atoms with Gasteiger partial charge in [0.2, 0.25) is 0 Å². The van der Waals surface area contributed by atoms with Gasteiger partial charge in [-0.05, 0) is 61.9 Å². The van der Waals surface area contributed by atoms with Crippen LogP contribution >= 0.6 is 0 Å². The van der Waals surface area contributed by atoms with Gasteiger partial charge in [0.15, 0.2) is 0 Å². The number of esters is 1. The highest BCUT2D eigenvalue weighted by molar-refractivity contribution is 5.89. The number of aromatic nitrogens is 2. The first-order valence-electron chi connectivity index (χ1n) is 7.68. The van der Waals surface area contributed by atoms with Crippen LogP contribution in [0, 0.1) is 13.8 Å². The Kier molecular flexibility index (Phi) is 4.33. The van der Waals surface area contributed by atoms with Crippen molar-refractivity contribution in [3.63, 3.8) is 0 Å². The van der Waals surface area contributed by atoms with E-state index in [0.29, 0.717) is 11.3 Å². The minimum Gasteiger partial charge on any atom is -0.457 e. The van der Waals surface area contributed by atoms with E-state index < -0.39 is 0 Å². The maximum Gasteiger partial charge on any atom is 0.338 e. The van der Waals surface area contributed by atoms with Crippen LogP contribution in [-0.2, 0) is 11.3 Å². The van der Waals surface area contributed by atoms with E-state index in [1.807, 2.05) is 48.9 Å². The monoisotopic (exact) mass is 321 g/mol. The summed E-state index contributed by atoms with van der Waals surface area (Å²) in [5.41, 5.74) is 10.6. The summed E-state index contributed by atoms with van der Waals surface area (Å²) in [4.78, 5) is 12.1. The average molecular weight is 321 g/mol. The number of ether oxygens (including phenoxy) is 1. The molecule has 0 fully saturated rings. The Labute approximate surface area is 140 Å². The molecule has 0 amide bonds. The third-order valence-corrected chi connectivity index (χ3v) is 3.71. The second kappa shape index (κ2) is 6.58. The number of rotatable bonds is 4. The molecule has 5 heteroatoms. The zero-order valence-electron chi connectivity index (χ0n) is 13.7. The van der Waals surface area contributed by atoms with Gasteiger partial charge in [-0.15, -0.1) is 0 Å². The summed E-state index contributed by atoms with van der Waals surface area (Å²) in [5.74, 6) is -0.355. The summed E-state index contributed by atoms with van der Waals surface area (Å²) in [6.45, 7) is 4.17. The molecule has 24 heavy (non-hydrogen) atoms. The molecule has 1 aromatic heterocycles. The molecule has 0 aliphatic heterocycles. The van der Waals surface area contributed by atoms with Crippen LogP contribution in [0.4, 0.5) is 5.69 Å². The van der Waals surface area contributed by atoms with Crippen LogP contribution in [0.5, 0.6) is 0 Å². The molecule has 2 aromatic carbocycles. The highest BCUT2D eigenvalue weighted by Crippen LogP contribution is 2.14. The van der Waals surface area contributed by atoms with E-state index >= 15 is 0 Å². The Hall–Kier alpha value is -3.08. The van der Waals surface area contributed by atoms with Crippen molar-refractivity contribution >= 4 is 11.7 Å². The minimum absolute atomic E-state index is 0.221. The number of hydrogen-bond donors (Lipinski definition) is 1. The fraction of sp³-hybridized carbons (Fsp3) is 0.158. The third kappa shape index (κ3) is 3.46. The molecular formula is C19H19N3O2. The van der Waals surface area contributed by atoms with Crippen molar-refractivity contribution in [2.45, 2.75) is 20.5 Å². The maximum absolute atomic E-state index is 12.1. The van der Waals surface area contributed by atoms with Gasteiger partial charge in [-0.3, -0.25) is 0 Å². The van der Waals surface area contributed by atoms with Gasteiger partial charge in [0.1, 0.15) is 6.61 Å². The van der Waals surface area contributed by atoms with Crippen LogP contribution < -0.4 is 5.73 Å². The Morgan fingerprint density at radius 3 is 2.33 bits per heavy atom. The number of carbonyl (C=O) groups is 1. The molecule has 0 radical (unpaired) electrons. The molecule has 5 nitrogen and oxygen atoms in total. The molecule has 0 aliphatic rings. The number of nitrogen functional groups attached to an aromatic ring is 1. The van der Waals surface area contributed by atoms with Crippen LogP contribution in [0.3, 0.4) is 0 Å². The van der Waals surface area contributed by atoms with Crippen molar-refractivity contribution in [3.05, 3.63) is 77.1 Å². The highest BCUT2D eigenvalue weighted by atomic mass is 16.5. The first kappa shape index (κ1) is 15.8. The van der Waals surface area contributed by atoms with Gasteiger partial charge in [-0.1, -0.05) is 12.1 Å². The molecule has 3 rings (SSSR count). The van der Waals surface area contributed by atoms with Gasteiger partial charge in [-0.25, -0.2) is 9.48 Å². The van der Waals surface area contributed by atoms with Gasteiger partial charge in [0, 0.05) is 11.4 Å². The van der Waals surface area contributed by atoms with Crippen molar-refractivity contribution in [3.8, 4) is 5.69 Å². The van der Waals surface area contributed by atoms with Crippen molar-refractivity contribution < 1.29 is 9.53 Å². The van der Waals surface area contributed by atoms with E-state index in [2.05, 4.69) is 5.10 Å². The van der Waals surface area contributed by atoms with Gasteiger partial charge in [-0.2, -0.15) is 5.10 Å². The summed E-state index contributed by atoms with van der Waals surface area (Å²) in [6.07, 6.45) is 0. The SMILES string of the molecule is Cc1cc(C)n(-c2ccc(C(=O)OCc3ccc(N)cc3)cc2)n1. The predicted molar refractivity (Wildman–Crippen MR) is 93.0 cm³/mol. The minimum atomic E-state index is -0.355. The summed E-state index contributed by atoms with van der Waals surface area (Å²) >= 11 is 0. The van der Waals surface area contributed by atoms with Gasteiger partial charge >= 0.3 is 5.97 Å². The largest absolute Gasteiger partial charge is 0.457 e. The maximum atomic E-state index is 12.1. The molecule has 0 saturated heterocycles. The number of anilines is 1. The van der Waals surface area contributed by atoms with Crippen LogP contribution in [0.1, 0.15) is 27.3 Å². The summed E-state index contributed by atoms with van der Waals surface area (Å²) in [6, 6.07) is 16.5. The molecule has 122 valence electrons. The molecule has 0 atom stereocenters. The van der Waals surface area contributed by atoms with Crippen LogP contribution in [0.25, 0.3) is 5.69 Å². The number of carbonyl (C=O) groups excluding carboxylic acids is 1. The summed E-state index contributed by atoms with van der Waals surface area (Å²) in [5, 5.41) is 4.43. The normalized spacial score (nSPS) is 10.6. The third-order valence-electron chi connectivity index (χ3n) is 3.71. The zero-order valence-corrected chi connectivity index (χ0v) is 13.7. The van der Waals surface area contributed by atoms with E-state index in [-0.39, 0.29) is 12.6 Å². The van der Waals surface area contributed by atoms with E-state index in [1.165, 1.54) is 0 Å². The quantitative estimate of drug-likeness (QED) is 0.590. The zero-order chi connectivity index (χ0) is 17.1. The number of benzene rings is 2. The van der Waals surface area contributed by atoms with Crippen molar-refractivity contribution in [1.29, 1.82) is 0 Å². The summed E-state index contributed by atoms with van der Waals surface area (Å²) < 4.78 is 7.17. The van der Waals surface area contributed by atoms with E-state index in [1.54, 1.807) is 24.3 Å². The lowest BCUT2D eigenvalue weighted by atomic mass is 10.2. The standard InChI is InChI=1S/C19H19N3O2/c1-13-11-14(2)22(21-13)18-9-5-16(6-10-18)19(23)24-12-15-3-7-17(20)8-4-15/h3-11H,12,20H2,1-2H3. The molecule has 0 bridgehead atoms. The number of nitrogens with two attached hydrogens (primary N) is 1. The van der Waals surface area contributed by atoms with E-state index in [0.717, 1.165) is 22.6 Å². The van der Waals surface area contributed by atoms with Crippen LogP contribution in [0.2, 0.25) is 0 Å². The molecule has 1 heterocycles. The van der Waals surface area contributed by atoms with Crippen molar-refractivity contribution in [2.75, 3.05) is 5.73 Å². The predicted octanol–water partition coefficient (Wildman–Crippen LogP) is 3.43. The lowest BCUT2D eigenvalue weighted by Gasteiger charge is -2.07. The Bertz CT molecular complexity index is 849. The first-order chi connectivity index (χ1) is 11.5. The van der Waals surface area contributed by atoms with Crippen molar-refractivity contribution in [2.24, 2.45) is 0 Å². The topological polar surface area (TPSA) is 70.1 Å². The fourth-order valence-corrected chi connectivity index (χ4v) is 2.48. The molecule has 0 aliphatic carbocycles. The van der Waals surface area contributed by atoms with Crippen LogP contribution in [-0.4, -0.2) is 15.7 Å². The Morgan fingerprint density at radius 2 is 1.75 bits per heavy atom. The highest BCUT2D eigenvalue weighted by Gasteiger charge is 2.09. The fourth-order valence-electron chi connectivity index (χ4n) is 2.48. The molecule has 0 spiro atoms. The molecule has 0 saturated carbocycles. The Morgan fingerprint density at radius 1 is 1.08 bits per heavy atom. The van der Waals surface area contributed by atoms with E-state index in [4.69, 9.17) is 10.5 Å².